The lowest BCUT2D eigenvalue weighted by Crippen LogP contribution is -2.62. The van der Waals surface area contributed by atoms with Gasteiger partial charge in [-0.1, -0.05) is 92.9 Å². The van der Waals surface area contributed by atoms with E-state index in [2.05, 4.69) is 31.6 Å². The van der Waals surface area contributed by atoms with Crippen LogP contribution in [0.15, 0.2) is 17.8 Å². The number of ether oxygens (including phenoxy) is 4. The van der Waals surface area contributed by atoms with Crippen LogP contribution < -0.4 is 21.3 Å². The highest BCUT2D eigenvalue weighted by atomic mass is 32.2. The monoisotopic (exact) mass is 1410 g/mol. The molecule has 27 nitrogen and oxygen atoms in total. The number of nitrogens with zero attached hydrogens (tertiary/aromatic N) is 9. The molecular weight excluding hydrogens is 1290 g/mol. The number of hydrogen-bond acceptors (Lipinski definition) is 17. The summed E-state index contributed by atoms with van der Waals surface area (Å²) in [5, 5.41) is 20.8. The number of Topliss-reactive ketones (excluding diaryl/α,β-unsaturated/α-hetero) is 1. The molecule has 10 amide bonds. The number of carbonyl (C=O) groups excluding carboxylic acids is 10. The Morgan fingerprint density at radius 1 is 0.646 bits per heavy atom. The number of aryl methyl sites for hydroxylation is 2. The molecule has 4 saturated heterocycles. The Morgan fingerprint density at radius 2 is 1.19 bits per heavy atom. The van der Waals surface area contributed by atoms with Crippen LogP contribution in [0.25, 0.3) is 0 Å². The lowest BCUT2D eigenvalue weighted by molar-refractivity contribution is -0.158. The molecule has 0 unspecified atom stereocenters. The maximum atomic E-state index is 15.1. The molecule has 1 aromatic rings. The fraction of sp³-hybridized carbons (Fsp3) is 0.803. The Balaban J connectivity index is 0.967. The van der Waals surface area contributed by atoms with E-state index in [1.807, 2.05) is 79.4 Å². The third kappa shape index (κ3) is 24.8. The predicted octanol–water partition coefficient (Wildman–Crippen LogP) is 5.03. The largest absolute Gasteiger partial charge is 0.379 e. The van der Waals surface area contributed by atoms with E-state index in [0.717, 1.165) is 37.1 Å². The average Bonchev–Trinajstić information content (AvgIpc) is 1.70. The van der Waals surface area contributed by atoms with Gasteiger partial charge in [0, 0.05) is 103 Å². The van der Waals surface area contributed by atoms with E-state index in [9.17, 15) is 43.2 Å². The molecule has 28 heteroatoms. The molecule has 0 aromatic carbocycles. The van der Waals surface area contributed by atoms with Crippen LogP contribution in [0.2, 0.25) is 0 Å². The van der Waals surface area contributed by atoms with Gasteiger partial charge in [-0.3, -0.25) is 47.8 Å². The highest BCUT2D eigenvalue weighted by Crippen LogP contribution is 2.34. The van der Waals surface area contributed by atoms with Crippen LogP contribution in [0.5, 0.6) is 0 Å². The Hall–Kier alpha value is -6.23. The predicted molar refractivity (Wildman–Crippen MR) is 379 cm³/mol. The molecule has 0 spiro atoms. The van der Waals surface area contributed by atoms with Crippen LogP contribution >= 0.6 is 11.8 Å². The first-order valence-corrected chi connectivity index (χ1v) is 37.6. The summed E-state index contributed by atoms with van der Waals surface area (Å²) in [6.07, 6.45) is 13.5. The number of likely N-dealkylation sites (N-methyl/N-ethyl adjacent to an activating group) is 4. The summed E-state index contributed by atoms with van der Waals surface area (Å²) in [4.78, 5) is 146. The average molecular weight is 1410 g/mol. The van der Waals surface area contributed by atoms with Gasteiger partial charge in [-0.15, -0.1) is 5.10 Å². The van der Waals surface area contributed by atoms with Crippen LogP contribution in [0.4, 0.5) is 4.79 Å². The zero-order chi connectivity index (χ0) is 72.9. The SMILES string of the molecule is CCC(=O)[C@@H]1CCCN1C(=O)[C@@H]1CCCN1C(=O)[C@H](C(C)C)N(C)C(=O)[C@H](C(C)C)N(C)C(=O)[C@H]([C@@H](C)CC)N(C)C(=O)[C@H]([C@@H](C)CC)N(C)C(=O)/C(C)=C/CCCc1cn(CCCNC(=O)CCOCCOCCOCCOCCNC(=O)CCCC[C@@H]2SC[C@@H]3NC(=O)N[C@@H]32)nn1. The fourth-order valence-corrected chi connectivity index (χ4v) is 15.4. The maximum Gasteiger partial charge on any atom is 0.315 e. The van der Waals surface area contributed by atoms with Crippen molar-refractivity contribution >= 4 is 70.8 Å². The van der Waals surface area contributed by atoms with Gasteiger partial charge in [0.1, 0.15) is 30.2 Å². The van der Waals surface area contributed by atoms with E-state index >= 15 is 4.79 Å². The highest BCUT2D eigenvalue weighted by Gasteiger charge is 2.48. The van der Waals surface area contributed by atoms with E-state index < -0.39 is 59.9 Å². The number of hydrogen-bond donors (Lipinski definition) is 4. The van der Waals surface area contributed by atoms with Crippen molar-refractivity contribution in [3.63, 3.8) is 0 Å². The third-order valence-corrected chi connectivity index (χ3v) is 21.4. The van der Waals surface area contributed by atoms with Gasteiger partial charge in [0.05, 0.1) is 76.7 Å². The molecule has 5 rings (SSSR count). The molecule has 4 aliphatic rings. The quantitative estimate of drug-likeness (QED) is 0.0378. The minimum Gasteiger partial charge on any atom is -0.379 e. The number of urea groups is 1. The number of amides is 10. The summed E-state index contributed by atoms with van der Waals surface area (Å²) in [6, 6.07) is -4.79. The Bertz CT molecular complexity index is 2810. The summed E-state index contributed by atoms with van der Waals surface area (Å²) in [5.41, 5.74) is 1.27. The molecule has 0 saturated carbocycles. The lowest BCUT2D eigenvalue weighted by atomic mass is 9.91. The van der Waals surface area contributed by atoms with Crippen molar-refractivity contribution in [3.8, 4) is 0 Å². The van der Waals surface area contributed by atoms with E-state index in [1.54, 1.807) is 56.5 Å². The molecule has 4 N–H and O–H groups in total. The normalized spacial score (nSPS) is 20.2. The highest BCUT2D eigenvalue weighted by molar-refractivity contribution is 8.00. The second-order valence-electron chi connectivity index (χ2n) is 27.9. The van der Waals surface area contributed by atoms with Crippen molar-refractivity contribution < 1.29 is 66.9 Å². The molecule has 99 heavy (non-hydrogen) atoms. The number of allylic oxidation sites excluding steroid dienone is 1. The van der Waals surface area contributed by atoms with Gasteiger partial charge in [-0.25, -0.2) is 4.79 Å². The molecule has 0 radical (unpaired) electrons. The summed E-state index contributed by atoms with van der Waals surface area (Å²) in [5.74, 6) is -2.73. The van der Waals surface area contributed by atoms with Crippen molar-refractivity contribution in [2.75, 3.05) is 113 Å². The van der Waals surface area contributed by atoms with Gasteiger partial charge in [0.15, 0.2) is 5.78 Å². The number of rotatable bonds is 46. The van der Waals surface area contributed by atoms with Gasteiger partial charge in [0.2, 0.25) is 47.3 Å². The van der Waals surface area contributed by atoms with Crippen molar-refractivity contribution in [1.29, 1.82) is 0 Å². The topological polar surface area (TPSA) is 306 Å². The number of ketones is 1. The van der Waals surface area contributed by atoms with Crippen LogP contribution in [0.1, 0.15) is 171 Å². The van der Waals surface area contributed by atoms with Crippen LogP contribution in [-0.2, 0) is 75.1 Å². The van der Waals surface area contributed by atoms with Crippen LogP contribution in [-0.4, -0.2) is 270 Å². The second-order valence-corrected chi connectivity index (χ2v) is 29.1. The molecule has 4 aliphatic heterocycles. The summed E-state index contributed by atoms with van der Waals surface area (Å²) in [7, 11) is 6.37. The molecule has 5 heterocycles. The van der Waals surface area contributed by atoms with Crippen molar-refractivity contribution in [3.05, 3.63) is 23.5 Å². The maximum absolute atomic E-state index is 15.1. The summed E-state index contributed by atoms with van der Waals surface area (Å²) >= 11 is 1.89. The van der Waals surface area contributed by atoms with Crippen LogP contribution in [0.3, 0.4) is 0 Å². The smallest absolute Gasteiger partial charge is 0.315 e. The molecule has 11 atom stereocenters. The zero-order valence-electron chi connectivity index (χ0n) is 62.0. The van der Waals surface area contributed by atoms with Crippen molar-refractivity contribution in [2.45, 2.75) is 232 Å². The number of fused-ring (bicyclic) bond motifs is 1. The Morgan fingerprint density at radius 3 is 1.81 bits per heavy atom. The Labute approximate surface area is 593 Å². The standard InChI is InChI=1S/C71H121N13O14S/c1-15-49(8)63(69(92)81(14)64(50(9)16-2)68(91)78(11)61(47(4)5)67(90)79(12)62(48(6)7)70(93)84-36-23-28-55(84)66(89)83-35-22-27-54(83)56(85)17-3)80(13)65(88)51(10)25-18-19-26-52-45-82(77-76-52)34-24-32-72-59(87)31-37-95-39-41-97-43-44-98-42-40-96-38-33-73-58(86)30-21-20-29-57-60-53(46-99-57)74-71(94)75-60/h25,45,47-50,53-55,57,60-64H,15-24,26-44,46H2,1-14H3,(H,72,87)(H,73,86)(H2,74,75,94)/b51-25+/t49-,50-,53-,54-,55-,57-,60-,61-,62-,63-,64-/m0/s1. The third-order valence-electron chi connectivity index (χ3n) is 19.9. The number of thioether (sulfide) groups is 1. The number of aromatic nitrogens is 3. The Kier molecular flexibility index (Phi) is 36.1. The van der Waals surface area contributed by atoms with E-state index in [4.69, 9.17) is 18.9 Å². The van der Waals surface area contributed by atoms with Gasteiger partial charge in [-0.05, 0) is 94.8 Å². The molecule has 1 aromatic heterocycles. The van der Waals surface area contributed by atoms with Crippen molar-refractivity contribution in [1.82, 2.24) is 65.7 Å². The number of unbranched alkanes of at least 4 members (excludes halogenated alkanes) is 2. The minimum absolute atomic E-state index is 0.0106. The second kappa shape index (κ2) is 42.9. The first-order valence-electron chi connectivity index (χ1n) is 36.6. The van der Waals surface area contributed by atoms with Gasteiger partial charge >= 0.3 is 6.03 Å². The van der Waals surface area contributed by atoms with E-state index in [0.29, 0.717) is 160 Å². The molecule has 560 valence electrons. The molecule has 0 bridgehead atoms. The number of nitrogens with one attached hydrogen (secondary N) is 4. The lowest BCUT2D eigenvalue weighted by Gasteiger charge is -2.43. The summed E-state index contributed by atoms with van der Waals surface area (Å²) < 4.78 is 24.0. The molecule has 4 fully saturated rings. The van der Waals surface area contributed by atoms with Gasteiger partial charge < -0.3 is 69.6 Å². The summed E-state index contributed by atoms with van der Waals surface area (Å²) in [6.45, 7) is 23.9. The number of likely N-dealkylation sites (tertiary alicyclic amines) is 2. The molecular formula is C71H121N13O14S. The number of carbonyl (C=O) groups is 10. The van der Waals surface area contributed by atoms with Crippen molar-refractivity contribution in [2.24, 2.45) is 23.7 Å². The zero-order valence-corrected chi connectivity index (χ0v) is 62.8. The van der Waals surface area contributed by atoms with Gasteiger partial charge in [0.25, 0.3) is 0 Å². The van der Waals surface area contributed by atoms with Gasteiger partial charge in [-0.2, -0.15) is 11.8 Å². The first-order chi connectivity index (χ1) is 47.3. The molecule has 0 aliphatic carbocycles. The van der Waals surface area contributed by atoms with E-state index in [-0.39, 0.29) is 84.2 Å². The fourth-order valence-electron chi connectivity index (χ4n) is 13.9. The van der Waals surface area contributed by atoms with E-state index in [1.165, 1.54) is 19.6 Å². The minimum atomic E-state index is -1.02. The first kappa shape index (κ1) is 83.4. The van der Waals surface area contributed by atoms with Crippen LogP contribution in [0, 0.1) is 23.7 Å².